The van der Waals surface area contributed by atoms with Gasteiger partial charge in [-0.25, -0.2) is 9.79 Å². The van der Waals surface area contributed by atoms with E-state index in [1.807, 2.05) is 44.3 Å². The Morgan fingerprint density at radius 3 is 2.68 bits per heavy atom. The standard InChI is InChI=1S/C18H26N2O2/c1-6-20(5)11-19-17-9-13(3)16(8-14(17)4)18(21)22-10-15-7-12(15)2/h8-9,11-12,15H,6-7,10H2,1-5H3. The average molecular weight is 302 g/mol. The molecule has 22 heavy (non-hydrogen) atoms. The van der Waals surface area contributed by atoms with Crippen LogP contribution in [0.15, 0.2) is 17.1 Å². The van der Waals surface area contributed by atoms with Crippen molar-refractivity contribution in [3.63, 3.8) is 0 Å². The van der Waals surface area contributed by atoms with Gasteiger partial charge in [0.15, 0.2) is 0 Å². The summed E-state index contributed by atoms with van der Waals surface area (Å²) in [4.78, 5) is 18.7. The van der Waals surface area contributed by atoms with Crippen LogP contribution in [0.3, 0.4) is 0 Å². The highest BCUT2D eigenvalue weighted by atomic mass is 16.5. The molecule has 2 atom stereocenters. The van der Waals surface area contributed by atoms with Crippen molar-refractivity contribution in [3.05, 3.63) is 28.8 Å². The van der Waals surface area contributed by atoms with E-state index in [2.05, 4.69) is 18.8 Å². The number of hydrogen-bond acceptors (Lipinski definition) is 3. The van der Waals surface area contributed by atoms with Crippen molar-refractivity contribution < 1.29 is 9.53 Å². The maximum Gasteiger partial charge on any atom is 0.338 e. The molecular formula is C18H26N2O2. The van der Waals surface area contributed by atoms with Gasteiger partial charge in [-0.1, -0.05) is 6.92 Å². The van der Waals surface area contributed by atoms with Crippen molar-refractivity contribution in [1.82, 2.24) is 4.90 Å². The van der Waals surface area contributed by atoms with Gasteiger partial charge < -0.3 is 9.64 Å². The summed E-state index contributed by atoms with van der Waals surface area (Å²) in [6.45, 7) is 9.61. The minimum Gasteiger partial charge on any atom is -0.462 e. The lowest BCUT2D eigenvalue weighted by molar-refractivity contribution is 0.0480. The number of carbonyl (C=O) groups is 1. The molecule has 0 spiro atoms. The third-order valence-corrected chi connectivity index (χ3v) is 4.36. The van der Waals surface area contributed by atoms with E-state index in [-0.39, 0.29) is 5.97 Å². The van der Waals surface area contributed by atoms with Crippen molar-refractivity contribution in [3.8, 4) is 0 Å². The Balaban J connectivity index is 2.08. The lowest BCUT2D eigenvalue weighted by Gasteiger charge is -2.11. The summed E-state index contributed by atoms with van der Waals surface area (Å²) in [5, 5.41) is 0. The fraction of sp³-hybridized carbons (Fsp3) is 0.556. The SMILES string of the molecule is CCN(C)C=Nc1cc(C)c(C(=O)OCC2CC2C)cc1C. The Labute approximate surface area is 133 Å². The van der Waals surface area contributed by atoms with E-state index in [1.165, 1.54) is 6.42 Å². The van der Waals surface area contributed by atoms with E-state index in [1.54, 1.807) is 0 Å². The zero-order chi connectivity index (χ0) is 16.3. The molecule has 1 aliphatic carbocycles. The van der Waals surface area contributed by atoms with Gasteiger partial charge in [0.25, 0.3) is 0 Å². The first-order valence-electron chi connectivity index (χ1n) is 7.95. The van der Waals surface area contributed by atoms with Crippen LogP contribution in [0.4, 0.5) is 5.69 Å². The molecule has 0 aromatic heterocycles. The largest absolute Gasteiger partial charge is 0.462 e. The molecule has 0 aliphatic heterocycles. The number of aryl methyl sites for hydroxylation is 2. The van der Waals surface area contributed by atoms with Gasteiger partial charge >= 0.3 is 5.97 Å². The molecule has 0 amide bonds. The summed E-state index contributed by atoms with van der Waals surface area (Å²) in [5.74, 6) is 1.03. The lowest BCUT2D eigenvalue weighted by atomic mass is 10.0. The van der Waals surface area contributed by atoms with Crippen LogP contribution in [0.1, 0.15) is 41.8 Å². The lowest BCUT2D eigenvalue weighted by Crippen LogP contribution is -2.14. The average Bonchev–Trinajstić information content (AvgIpc) is 3.20. The van der Waals surface area contributed by atoms with E-state index in [4.69, 9.17) is 4.74 Å². The molecule has 4 heteroatoms. The molecule has 1 saturated carbocycles. The zero-order valence-electron chi connectivity index (χ0n) is 14.2. The third kappa shape index (κ3) is 4.09. The Morgan fingerprint density at radius 2 is 2.09 bits per heavy atom. The molecule has 0 N–H and O–H groups in total. The highest BCUT2D eigenvalue weighted by Gasteiger charge is 2.33. The molecule has 0 saturated heterocycles. The van der Waals surface area contributed by atoms with E-state index < -0.39 is 0 Å². The van der Waals surface area contributed by atoms with Gasteiger partial charge in [0.1, 0.15) is 0 Å². The van der Waals surface area contributed by atoms with Crippen LogP contribution in [-0.2, 0) is 4.74 Å². The number of carbonyl (C=O) groups excluding carboxylic acids is 1. The summed E-state index contributed by atoms with van der Waals surface area (Å²) in [5.41, 5.74) is 3.43. The van der Waals surface area contributed by atoms with Crippen LogP contribution >= 0.6 is 0 Å². The Bertz CT molecular complexity index is 581. The van der Waals surface area contributed by atoms with Crippen LogP contribution in [-0.4, -0.2) is 37.4 Å². The molecule has 0 bridgehead atoms. The predicted octanol–water partition coefficient (Wildman–Crippen LogP) is 3.73. The van der Waals surface area contributed by atoms with Crippen molar-refractivity contribution in [2.45, 2.75) is 34.1 Å². The van der Waals surface area contributed by atoms with Gasteiger partial charge in [0.2, 0.25) is 0 Å². The molecule has 0 radical (unpaired) electrons. The number of hydrogen-bond donors (Lipinski definition) is 0. The van der Waals surface area contributed by atoms with E-state index in [0.29, 0.717) is 24.0 Å². The van der Waals surface area contributed by atoms with Crippen molar-refractivity contribution >= 4 is 18.0 Å². The first-order valence-corrected chi connectivity index (χ1v) is 7.95. The second-order valence-corrected chi connectivity index (χ2v) is 6.34. The second kappa shape index (κ2) is 6.95. The van der Waals surface area contributed by atoms with Crippen molar-refractivity contribution in [2.75, 3.05) is 20.2 Å². The number of benzene rings is 1. The van der Waals surface area contributed by atoms with E-state index >= 15 is 0 Å². The fourth-order valence-electron chi connectivity index (χ4n) is 2.29. The van der Waals surface area contributed by atoms with Crippen molar-refractivity contribution in [1.29, 1.82) is 0 Å². The third-order valence-electron chi connectivity index (χ3n) is 4.36. The molecular weight excluding hydrogens is 276 g/mol. The predicted molar refractivity (Wildman–Crippen MR) is 89.9 cm³/mol. The zero-order valence-corrected chi connectivity index (χ0v) is 14.2. The van der Waals surface area contributed by atoms with Gasteiger partial charge in [-0.15, -0.1) is 0 Å². The van der Waals surface area contributed by atoms with Crippen LogP contribution < -0.4 is 0 Å². The van der Waals surface area contributed by atoms with Crippen LogP contribution in [0.2, 0.25) is 0 Å². The molecule has 2 unspecified atom stereocenters. The summed E-state index contributed by atoms with van der Waals surface area (Å²) in [6, 6.07) is 3.83. The number of nitrogens with zero attached hydrogens (tertiary/aromatic N) is 2. The van der Waals surface area contributed by atoms with Crippen LogP contribution in [0.5, 0.6) is 0 Å². The highest BCUT2D eigenvalue weighted by Crippen LogP contribution is 2.37. The first kappa shape index (κ1) is 16.5. The summed E-state index contributed by atoms with van der Waals surface area (Å²) >= 11 is 0. The van der Waals surface area contributed by atoms with Gasteiger partial charge in [-0.3, -0.25) is 0 Å². The summed E-state index contributed by atoms with van der Waals surface area (Å²) < 4.78 is 5.43. The van der Waals surface area contributed by atoms with Gasteiger partial charge in [0, 0.05) is 13.6 Å². The van der Waals surface area contributed by atoms with Gasteiger partial charge in [-0.05, 0) is 62.3 Å². The molecule has 120 valence electrons. The quantitative estimate of drug-likeness (QED) is 0.457. The topological polar surface area (TPSA) is 41.9 Å². The Kier molecular flexibility index (Phi) is 5.22. The number of rotatable bonds is 6. The second-order valence-electron chi connectivity index (χ2n) is 6.34. The molecule has 1 aromatic carbocycles. The minimum absolute atomic E-state index is 0.221. The smallest absolute Gasteiger partial charge is 0.338 e. The van der Waals surface area contributed by atoms with Crippen LogP contribution in [0.25, 0.3) is 0 Å². The molecule has 2 rings (SSSR count). The van der Waals surface area contributed by atoms with E-state index in [9.17, 15) is 4.79 Å². The highest BCUT2D eigenvalue weighted by molar-refractivity contribution is 5.92. The van der Waals surface area contributed by atoms with Crippen LogP contribution in [0, 0.1) is 25.7 Å². The summed E-state index contributed by atoms with van der Waals surface area (Å²) in [6.07, 6.45) is 2.98. The number of esters is 1. The maximum absolute atomic E-state index is 12.2. The Morgan fingerprint density at radius 1 is 1.41 bits per heavy atom. The Hall–Kier alpha value is -1.84. The molecule has 1 aliphatic rings. The number of aliphatic imine (C=N–C) groups is 1. The minimum atomic E-state index is -0.221. The maximum atomic E-state index is 12.2. The fourth-order valence-corrected chi connectivity index (χ4v) is 2.29. The summed E-state index contributed by atoms with van der Waals surface area (Å²) in [7, 11) is 1.98. The molecule has 4 nitrogen and oxygen atoms in total. The first-order chi connectivity index (χ1) is 10.4. The molecule has 1 aromatic rings. The number of ether oxygens (including phenoxy) is 1. The van der Waals surface area contributed by atoms with Gasteiger partial charge in [-0.2, -0.15) is 0 Å². The van der Waals surface area contributed by atoms with Crippen molar-refractivity contribution in [2.24, 2.45) is 16.8 Å². The van der Waals surface area contributed by atoms with E-state index in [0.717, 1.165) is 23.4 Å². The van der Waals surface area contributed by atoms with Gasteiger partial charge in [0.05, 0.1) is 24.2 Å². The normalized spacial score (nSPS) is 20.2. The molecule has 0 heterocycles. The monoisotopic (exact) mass is 302 g/mol. The molecule has 1 fully saturated rings.